The summed E-state index contributed by atoms with van der Waals surface area (Å²) in [6.07, 6.45) is 1.35. The first kappa shape index (κ1) is 39.5. The van der Waals surface area contributed by atoms with Crippen molar-refractivity contribution in [2.24, 2.45) is 21.5 Å². The number of pyridine rings is 1. The van der Waals surface area contributed by atoms with Crippen LogP contribution in [0, 0.1) is 11.6 Å². The summed E-state index contributed by atoms with van der Waals surface area (Å²) in [6, 6.07) is 9.68. The quantitative estimate of drug-likeness (QED) is 0.248. The molecule has 3 aromatic rings. The van der Waals surface area contributed by atoms with Crippen LogP contribution in [0.1, 0.15) is 54.9 Å². The fourth-order valence-electron chi connectivity index (χ4n) is 7.79. The van der Waals surface area contributed by atoms with Crippen molar-refractivity contribution in [1.29, 1.82) is 0 Å². The van der Waals surface area contributed by atoms with Gasteiger partial charge in [-0.15, -0.1) is 0 Å². The number of carbonyl (C=O) groups excluding carboxylic acids is 1. The van der Waals surface area contributed by atoms with E-state index in [2.05, 4.69) is 15.0 Å². The predicted octanol–water partition coefficient (Wildman–Crippen LogP) is 2.14. The van der Waals surface area contributed by atoms with Gasteiger partial charge in [-0.2, -0.15) is 0 Å². The molecule has 0 radical (unpaired) electrons. The number of halogens is 2. The van der Waals surface area contributed by atoms with Gasteiger partial charge in [0, 0.05) is 29.3 Å². The Bertz CT molecular complexity index is 2430. The van der Waals surface area contributed by atoms with Gasteiger partial charge in [-0.3, -0.25) is 14.8 Å². The molecular weight excluding hydrogens is 775 g/mol. The summed E-state index contributed by atoms with van der Waals surface area (Å²) in [6.45, 7) is 6.49. The Kier molecular flexibility index (Phi) is 9.49. The monoisotopic (exact) mass is 816 g/mol. The summed E-state index contributed by atoms with van der Waals surface area (Å²) in [7, 11) is -7.51. The maximum atomic E-state index is 15.1. The minimum atomic E-state index is -3.82. The third-order valence-electron chi connectivity index (χ3n) is 11.5. The molecule has 300 valence electrons. The standard InChI is InChI=1S/C23H24FN3O6S.C14H18FN3O3S/c1-22-12-31-11-20(34(22,29)30)23(2,27-21(22)25)14-7-13(3-4-15(14)24)8-17(28)16-9-18-19(10-26-16)33-6-5-32-18;1-13-7-21-6-11(22(13,19)20)14(2,18-12(13)17)9-5-8(16)3-4-10(9)15/h3-4,7,9-10,20H,5-6,8,11-12H2,1-2H3,(H2,25,27);3-5,11H,6-7,16H2,1-2H3,(H2,17,18)/t20-,22+,23-;11-,13+,14-/m11/s1. The number of ether oxygens (including phenoxy) is 4. The van der Waals surface area contributed by atoms with Crippen molar-refractivity contribution < 1.29 is 49.4 Å². The molecule has 0 unspecified atom stereocenters. The van der Waals surface area contributed by atoms with E-state index in [-0.39, 0.29) is 67.1 Å². The Morgan fingerprint density at radius 1 is 0.750 bits per heavy atom. The molecule has 1 aromatic heterocycles. The van der Waals surface area contributed by atoms with Crippen LogP contribution in [0.4, 0.5) is 14.5 Å². The lowest BCUT2D eigenvalue weighted by molar-refractivity contribution is 0.0893. The lowest BCUT2D eigenvalue weighted by atomic mass is 9.85. The van der Waals surface area contributed by atoms with Crippen LogP contribution in [0.25, 0.3) is 0 Å². The largest absolute Gasteiger partial charge is 0.486 e. The average molecular weight is 817 g/mol. The molecule has 19 heteroatoms. The number of anilines is 1. The topological polar surface area (TPSA) is 238 Å². The van der Waals surface area contributed by atoms with E-state index in [9.17, 15) is 26.0 Å². The minimum absolute atomic E-state index is 0.0389. The van der Waals surface area contributed by atoms with Gasteiger partial charge in [0.05, 0.1) is 32.6 Å². The number of fused-ring (bicyclic) bond motifs is 5. The lowest BCUT2D eigenvalue weighted by Crippen LogP contribution is -2.67. The molecule has 15 nitrogen and oxygen atoms in total. The highest BCUT2D eigenvalue weighted by Gasteiger charge is 2.63. The van der Waals surface area contributed by atoms with Gasteiger partial charge in [0.25, 0.3) is 0 Å². The molecule has 0 saturated carbocycles. The molecule has 0 spiro atoms. The maximum Gasteiger partial charge on any atom is 0.185 e. The number of sulfone groups is 2. The fourth-order valence-corrected chi connectivity index (χ4v) is 12.3. The summed E-state index contributed by atoms with van der Waals surface area (Å²) in [5.74, 6) is -0.799. The molecule has 0 amide bonds. The number of nitrogens with zero attached hydrogens (tertiary/aromatic N) is 3. The van der Waals surface area contributed by atoms with Gasteiger partial charge < -0.3 is 36.1 Å². The van der Waals surface area contributed by atoms with E-state index in [1.54, 1.807) is 6.92 Å². The summed E-state index contributed by atoms with van der Waals surface area (Å²) < 4.78 is 101. The molecule has 5 aliphatic rings. The number of rotatable bonds is 5. The van der Waals surface area contributed by atoms with Crippen LogP contribution in [-0.4, -0.2) is 98.9 Å². The molecule has 6 atom stereocenters. The molecule has 4 bridgehead atoms. The van der Waals surface area contributed by atoms with E-state index in [1.165, 1.54) is 69.4 Å². The molecule has 0 aliphatic carbocycles. The Hall–Kier alpha value is -4.72. The lowest BCUT2D eigenvalue weighted by Gasteiger charge is -2.48. The Balaban J connectivity index is 0.000000189. The molecule has 56 heavy (non-hydrogen) atoms. The predicted molar refractivity (Wildman–Crippen MR) is 202 cm³/mol. The Morgan fingerprint density at radius 3 is 1.80 bits per heavy atom. The number of Topliss-reactive ketones (excluding diaryl/α,β-unsaturated/α-hetero) is 1. The van der Waals surface area contributed by atoms with Gasteiger partial charge in [-0.25, -0.2) is 30.6 Å². The number of hydrogen-bond acceptors (Lipinski definition) is 15. The van der Waals surface area contributed by atoms with Gasteiger partial charge in [0.15, 0.2) is 37.0 Å². The van der Waals surface area contributed by atoms with Crippen LogP contribution in [0.2, 0.25) is 0 Å². The van der Waals surface area contributed by atoms with Crippen LogP contribution in [0.15, 0.2) is 58.6 Å². The van der Waals surface area contributed by atoms with Crippen LogP contribution in [-0.2, 0) is 46.6 Å². The first-order valence-corrected chi connectivity index (χ1v) is 20.8. The molecule has 8 rings (SSSR count). The molecule has 5 aliphatic heterocycles. The highest BCUT2D eigenvalue weighted by atomic mass is 32.2. The summed E-state index contributed by atoms with van der Waals surface area (Å²) >= 11 is 0. The first-order chi connectivity index (χ1) is 26.2. The number of amidine groups is 2. The number of nitrogens with two attached hydrogens (primary N) is 3. The van der Waals surface area contributed by atoms with Crippen molar-refractivity contribution in [1.82, 2.24) is 4.98 Å². The summed E-state index contributed by atoms with van der Waals surface area (Å²) in [5, 5.41) is -2.13. The highest BCUT2D eigenvalue weighted by molar-refractivity contribution is 7.94. The van der Waals surface area contributed by atoms with Crippen molar-refractivity contribution in [3.05, 3.63) is 82.7 Å². The highest BCUT2D eigenvalue weighted by Crippen LogP contribution is 2.47. The second-order valence-electron chi connectivity index (χ2n) is 15.2. The summed E-state index contributed by atoms with van der Waals surface area (Å²) in [5.41, 5.74) is 16.0. The van der Waals surface area contributed by atoms with Gasteiger partial charge in [-0.05, 0) is 63.6 Å². The summed E-state index contributed by atoms with van der Waals surface area (Å²) in [4.78, 5) is 25.9. The van der Waals surface area contributed by atoms with E-state index in [0.717, 1.165) is 0 Å². The number of carbonyl (C=O) groups is 1. The van der Waals surface area contributed by atoms with E-state index in [4.69, 9.17) is 36.1 Å². The van der Waals surface area contributed by atoms with Crippen LogP contribution in [0.5, 0.6) is 11.5 Å². The molecule has 2 aromatic carbocycles. The zero-order valence-corrected chi connectivity index (χ0v) is 32.7. The molecule has 2 fully saturated rings. The SMILES string of the molecule is C[C@]12COC[C@H]([C@@](C)(c3cc(CC(=O)c4cc5c(cn4)OCCO5)ccc3F)N=C1N)S2(=O)=O.C[C@]12COC[C@H]([C@@](C)(c3cc(N)ccc3F)N=C1N)S2(=O)=O. The minimum Gasteiger partial charge on any atom is -0.486 e. The number of aromatic nitrogens is 1. The maximum absolute atomic E-state index is 15.1. The van der Waals surface area contributed by atoms with Crippen molar-refractivity contribution in [2.75, 3.05) is 45.4 Å². The van der Waals surface area contributed by atoms with E-state index in [1.807, 2.05) is 0 Å². The van der Waals surface area contributed by atoms with Crippen molar-refractivity contribution in [3.8, 4) is 11.5 Å². The third kappa shape index (κ3) is 5.92. The molecule has 6 heterocycles. The van der Waals surface area contributed by atoms with Gasteiger partial charge in [-0.1, -0.05) is 6.07 Å². The van der Waals surface area contributed by atoms with Crippen LogP contribution in [0.3, 0.4) is 0 Å². The third-order valence-corrected chi connectivity index (χ3v) is 17.4. The van der Waals surface area contributed by atoms with Gasteiger partial charge in [0.2, 0.25) is 0 Å². The van der Waals surface area contributed by atoms with Gasteiger partial charge >= 0.3 is 0 Å². The number of benzene rings is 2. The number of aliphatic imine (C=N–C) groups is 2. The first-order valence-electron chi connectivity index (χ1n) is 17.7. The average Bonchev–Trinajstić information content (AvgIpc) is 3.14. The molecule has 6 N–H and O–H groups in total. The zero-order valence-electron chi connectivity index (χ0n) is 31.0. The molecular formula is C37H42F2N6O9S2. The second-order valence-corrected chi connectivity index (χ2v) is 20.3. The van der Waals surface area contributed by atoms with Gasteiger partial charge in [0.1, 0.15) is 73.3 Å². The van der Waals surface area contributed by atoms with E-state index < -0.39 is 62.4 Å². The fraction of sp³-hybridized carbons (Fsp3) is 0.459. The van der Waals surface area contributed by atoms with E-state index in [0.29, 0.717) is 36.0 Å². The van der Waals surface area contributed by atoms with Crippen molar-refractivity contribution >= 4 is 42.8 Å². The number of nitrogen functional groups attached to an aromatic ring is 1. The second kappa shape index (κ2) is 13.5. The van der Waals surface area contributed by atoms with E-state index >= 15 is 4.39 Å². The number of hydrogen-bond donors (Lipinski definition) is 3. The smallest absolute Gasteiger partial charge is 0.185 e. The Labute approximate surface area is 322 Å². The van der Waals surface area contributed by atoms with Crippen LogP contribution < -0.4 is 26.7 Å². The zero-order chi connectivity index (χ0) is 40.6. The molecule has 2 saturated heterocycles. The number of ketones is 1. The Morgan fingerprint density at radius 2 is 1.25 bits per heavy atom. The van der Waals surface area contributed by atoms with Crippen molar-refractivity contribution in [3.63, 3.8) is 0 Å². The normalized spacial score (nSPS) is 32.2. The van der Waals surface area contributed by atoms with Crippen LogP contribution >= 0.6 is 0 Å². The van der Waals surface area contributed by atoms with Crippen molar-refractivity contribution in [2.45, 2.75) is 65.2 Å².